The van der Waals surface area contributed by atoms with Gasteiger partial charge in [-0.05, 0) is 38.0 Å². The van der Waals surface area contributed by atoms with Gasteiger partial charge in [0.2, 0.25) is 0 Å². The molecule has 0 unspecified atom stereocenters. The standard InChI is InChI=1S/C24H35NO8/c1-8-21(26)30-15(6)16(7)31-24(29)18(25)11-17-9-10-19(32-22(27)13(2)3)20(12-17)33-23(28)14(4)5/h9-10,12-16,18H,8,11,25H2,1-7H3/t15-,16-,18-/m0/s1. The Morgan fingerprint density at radius 2 is 1.30 bits per heavy atom. The highest BCUT2D eigenvalue weighted by Crippen LogP contribution is 2.30. The van der Waals surface area contributed by atoms with Gasteiger partial charge in [-0.3, -0.25) is 19.2 Å². The molecule has 0 bridgehead atoms. The summed E-state index contributed by atoms with van der Waals surface area (Å²) in [6.07, 6.45) is -0.999. The molecule has 0 spiro atoms. The van der Waals surface area contributed by atoms with Crippen LogP contribution in [0, 0.1) is 11.8 Å². The van der Waals surface area contributed by atoms with Gasteiger partial charge >= 0.3 is 23.9 Å². The molecular formula is C24H35NO8. The molecule has 0 aliphatic carbocycles. The minimum Gasteiger partial charge on any atom is -0.459 e. The van der Waals surface area contributed by atoms with Gasteiger partial charge in [-0.25, -0.2) is 0 Å². The Morgan fingerprint density at radius 3 is 1.82 bits per heavy atom. The number of benzene rings is 1. The molecule has 0 fully saturated rings. The second-order valence-corrected chi connectivity index (χ2v) is 8.43. The Balaban J connectivity index is 2.94. The van der Waals surface area contributed by atoms with E-state index < -0.39 is 48.0 Å². The van der Waals surface area contributed by atoms with E-state index in [1.54, 1.807) is 54.5 Å². The van der Waals surface area contributed by atoms with Crippen LogP contribution in [0.5, 0.6) is 11.5 Å². The second kappa shape index (κ2) is 12.9. The molecule has 3 atom stereocenters. The molecule has 2 N–H and O–H groups in total. The Hall–Kier alpha value is -2.94. The molecule has 0 saturated carbocycles. The topological polar surface area (TPSA) is 131 Å². The number of carbonyl (C=O) groups excluding carboxylic acids is 4. The third-order valence-electron chi connectivity index (χ3n) is 4.70. The summed E-state index contributed by atoms with van der Waals surface area (Å²) < 4.78 is 21.2. The largest absolute Gasteiger partial charge is 0.459 e. The molecule has 1 rings (SSSR count). The van der Waals surface area contributed by atoms with Crippen LogP contribution in [0.15, 0.2) is 18.2 Å². The van der Waals surface area contributed by atoms with E-state index in [1.165, 1.54) is 12.1 Å². The van der Waals surface area contributed by atoms with Gasteiger partial charge in [0.15, 0.2) is 11.5 Å². The van der Waals surface area contributed by atoms with Crippen molar-refractivity contribution in [3.05, 3.63) is 23.8 Å². The first-order valence-corrected chi connectivity index (χ1v) is 11.1. The van der Waals surface area contributed by atoms with Crippen molar-refractivity contribution in [1.29, 1.82) is 0 Å². The van der Waals surface area contributed by atoms with Crippen LogP contribution in [0.1, 0.15) is 60.5 Å². The molecule has 1 aromatic carbocycles. The zero-order chi connectivity index (χ0) is 25.3. The van der Waals surface area contributed by atoms with E-state index in [0.29, 0.717) is 5.56 Å². The van der Waals surface area contributed by atoms with E-state index in [9.17, 15) is 19.2 Å². The minimum atomic E-state index is -1.01. The molecule has 33 heavy (non-hydrogen) atoms. The molecular weight excluding hydrogens is 430 g/mol. The minimum absolute atomic E-state index is 0.0641. The molecule has 9 nitrogen and oxygen atoms in total. The number of nitrogens with two attached hydrogens (primary N) is 1. The highest BCUT2D eigenvalue weighted by atomic mass is 16.6. The molecule has 0 aliphatic heterocycles. The van der Waals surface area contributed by atoms with Crippen molar-refractivity contribution in [3.8, 4) is 11.5 Å². The SMILES string of the molecule is CCC(=O)O[C@@H](C)[C@H](C)OC(=O)[C@@H](N)Cc1ccc(OC(=O)C(C)C)c(OC(=O)C(C)C)c1. The third kappa shape index (κ3) is 9.21. The summed E-state index contributed by atoms with van der Waals surface area (Å²) in [6, 6.07) is 3.61. The maximum atomic E-state index is 12.4. The van der Waals surface area contributed by atoms with Crippen LogP contribution in [0.25, 0.3) is 0 Å². The average molecular weight is 466 g/mol. The maximum Gasteiger partial charge on any atom is 0.323 e. The maximum absolute atomic E-state index is 12.4. The molecule has 184 valence electrons. The zero-order valence-corrected chi connectivity index (χ0v) is 20.4. The monoisotopic (exact) mass is 465 g/mol. The first kappa shape index (κ1) is 28.1. The average Bonchev–Trinajstić information content (AvgIpc) is 2.74. The number of ether oxygens (including phenoxy) is 4. The number of carbonyl (C=O) groups is 4. The summed E-state index contributed by atoms with van der Waals surface area (Å²) in [4.78, 5) is 47.9. The van der Waals surface area contributed by atoms with Crippen molar-refractivity contribution in [3.63, 3.8) is 0 Å². The molecule has 0 aliphatic rings. The Labute approximate surface area is 194 Å². The van der Waals surface area contributed by atoms with Crippen molar-refractivity contribution in [1.82, 2.24) is 0 Å². The van der Waals surface area contributed by atoms with Gasteiger partial charge in [0.1, 0.15) is 18.2 Å². The Bertz CT molecular complexity index is 849. The van der Waals surface area contributed by atoms with Gasteiger partial charge in [0.05, 0.1) is 11.8 Å². The van der Waals surface area contributed by atoms with E-state index in [4.69, 9.17) is 24.7 Å². The molecule has 0 radical (unpaired) electrons. The lowest BCUT2D eigenvalue weighted by atomic mass is 10.1. The molecule has 0 saturated heterocycles. The van der Waals surface area contributed by atoms with E-state index in [1.807, 2.05) is 0 Å². The summed E-state index contributed by atoms with van der Waals surface area (Å²) >= 11 is 0. The van der Waals surface area contributed by atoms with Crippen molar-refractivity contribution in [2.24, 2.45) is 17.6 Å². The van der Waals surface area contributed by atoms with Gasteiger partial charge in [0.25, 0.3) is 0 Å². The smallest absolute Gasteiger partial charge is 0.323 e. The van der Waals surface area contributed by atoms with Gasteiger partial charge < -0.3 is 24.7 Å². The normalized spacial score (nSPS) is 13.8. The highest BCUT2D eigenvalue weighted by molar-refractivity contribution is 5.78. The number of hydrogen-bond acceptors (Lipinski definition) is 9. The number of rotatable bonds is 11. The van der Waals surface area contributed by atoms with Crippen LogP contribution in [0.4, 0.5) is 0 Å². The van der Waals surface area contributed by atoms with Gasteiger partial charge in [-0.15, -0.1) is 0 Å². The molecule has 0 heterocycles. The van der Waals surface area contributed by atoms with E-state index in [0.717, 1.165) is 0 Å². The summed E-state index contributed by atoms with van der Waals surface area (Å²) in [5.41, 5.74) is 6.59. The van der Waals surface area contributed by atoms with Crippen LogP contribution >= 0.6 is 0 Å². The van der Waals surface area contributed by atoms with E-state index >= 15 is 0 Å². The molecule has 0 amide bonds. The van der Waals surface area contributed by atoms with Crippen LogP contribution in [0.3, 0.4) is 0 Å². The Kier molecular flexibility index (Phi) is 11.0. The lowest BCUT2D eigenvalue weighted by Crippen LogP contribution is -2.39. The number of hydrogen-bond donors (Lipinski definition) is 1. The van der Waals surface area contributed by atoms with Crippen LogP contribution in [-0.4, -0.2) is 42.1 Å². The first-order chi connectivity index (χ1) is 15.3. The van der Waals surface area contributed by atoms with Crippen molar-refractivity contribution in [2.45, 2.75) is 79.6 Å². The fourth-order valence-electron chi connectivity index (χ4n) is 2.39. The van der Waals surface area contributed by atoms with Crippen LogP contribution in [-0.2, 0) is 35.1 Å². The van der Waals surface area contributed by atoms with Gasteiger partial charge in [0, 0.05) is 6.42 Å². The predicted octanol–water partition coefficient (Wildman–Crippen LogP) is 2.95. The summed E-state index contributed by atoms with van der Waals surface area (Å²) in [7, 11) is 0. The summed E-state index contributed by atoms with van der Waals surface area (Å²) in [5, 5.41) is 0. The number of esters is 4. The Morgan fingerprint density at radius 1 is 0.788 bits per heavy atom. The molecule has 1 aromatic rings. The molecule has 9 heteroatoms. The molecule has 0 aromatic heterocycles. The predicted molar refractivity (Wildman–Crippen MR) is 120 cm³/mol. The van der Waals surface area contributed by atoms with Crippen molar-refractivity contribution in [2.75, 3.05) is 0 Å². The lowest BCUT2D eigenvalue weighted by molar-refractivity contribution is -0.166. The van der Waals surface area contributed by atoms with Crippen molar-refractivity contribution >= 4 is 23.9 Å². The van der Waals surface area contributed by atoms with Crippen LogP contribution in [0.2, 0.25) is 0 Å². The highest BCUT2D eigenvalue weighted by Gasteiger charge is 2.25. The van der Waals surface area contributed by atoms with E-state index in [2.05, 4.69) is 0 Å². The van der Waals surface area contributed by atoms with Crippen molar-refractivity contribution < 1.29 is 38.1 Å². The fourth-order valence-corrected chi connectivity index (χ4v) is 2.39. The van der Waals surface area contributed by atoms with Crippen LogP contribution < -0.4 is 15.2 Å². The summed E-state index contributed by atoms with van der Waals surface area (Å²) in [6.45, 7) is 11.6. The lowest BCUT2D eigenvalue weighted by Gasteiger charge is -2.22. The second-order valence-electron chi connectivity index (χ2n) is 8.43. The van der Waals surface area contributed by atoms with E-state index in [-0.39, 0.29) is 30.3 Å². The van der Waals surface area contributed by atoms with Gasteiger partial charge in [-0.1, -0.05) is 40.7 Å². The van der Waals surface area contributed by atoms with Gasteiger partial charge in [-0.2, -0.15) is 0 Å². The first-order valence-electron chi connectivity index (χ1n) is 11.1. The fraction of sp³-hybridized carbons (Fsp3) is 0.583. The quantitative estimate of drug-likeness (QED) is 0.387. The third-order valence-corrected chi connectivity index (χ3v) is 4.70. The summed E-state index contributed by atoms with van der Waals surface area (Å²) in [5.74, 6) is -2.64. The zero-order valence-electron chi connectivity index (χ0n) is 20.4.